The largest absolute Gasteiger partial charge is 0.465 e. The molecule has 0 saturated carbocycles. The van der Waals surface area contributed by atoms with Gasteiger partial charge in [-0.1, -0.05) is 24.0 Å². The predicted molar refractivity (Wildman–Crippen MR) is 148 cm³/mol. The molecule has 2 heterocycles. The van der Waals surface area contributed by atoms with Crippen LogP contribution in [0.4, 0.5) is 29.5 Å². The molecule has 2 aromatic rings. The highest BCUT2D eigenvalue weighted by molar-refractivity contribution is 7.89. The number of halogens is 3. The highest BCUT2D eigenvalue weighted by Gasteiger charge is 2.35. The van der Waals surface area contributed by atoms with E-state index in [4.69, 9.17) is 0 Å². The molecule has 1 amide bonds. The van der Waals surface area contributed by atoms with Crippen LogP contribution in [0.5, 0.6) is 0 Å². The second-order valence-electron chi connectivity index (χ2n) is 10.2. The van der Waals surface area contributed by atoms with Crippen LogP contribution in [-0.4, -0.2) is 71.4 Å². The molecule has 220 valence electrons. The summed E-state index contributed by atoms with van der Waals surface area (Å²) < 4.78 is 64.9. The number of aliphatic hydroxyl groups excluding tert-OH is 1. The van der Waals surface area contributed by atoms with E-state index >= 15 is 0 Å². The third-order valence-corrected chi connectivity index (χ3v) is 8.09. The average molecular weight is 593 g/mol. The van der Waals surface area contributed by atoms with Crippen LogP contribution >= 0.6 is 0 Å². The lowest BCUT2D eigenvalue weighted by Crippen LogP contribution is -2.54. The topological polar surface area (TPSA) is 114 Å². The van der Waals surface area contributed by atoms with Crippen molar-refractivity contribution in [1.29, 1.82) is 0 Å². The molecule has 1 aliphatic heterocycles. The van der Waals surface area contributed by atoms with Gasteiger partial charge in [-0.3, -0.25) is 4.90 Å². The van der Waals surface area contributed by atoms with Crippen LogP contribution in [0.2, 0.25) is 0 Å². The van der Waals surface area contributed by atoms with Crippen LogP contribution in [0, 0.1) is 23.7 Å². The summed E-state index contributed by atoms with van der Waals surface area (Å²) in [4.78, 5) is 18.7. The van der Waals surface area contributed by atoms with Gasteiger partial charge < -0.3 is 15.1 Å². The number of hydrogen-bond acceptors (Lipinski definition) is 6. The van der Waals surface area contributed by atoms with Crippen LogP contribution in [0.3, 0.4) is 0 Å². The number of benzene rings is 1. The van der Waals surface area contributed by atoms with Gasteiger partial charge in [0.15, 0.2) is 0 Å². The summed E-state index contributed by atoms with van der Waals surface area (Å²) in [5, 5.41) is 19.8. The fourth-order valence-electron chi connectivity index (χ4n) is 4.36. The number of carboxylic acid groups (broad SMARTS) is 1. The first kappa shape index (κ1) is 31.7. The van der Waals surface area contributed by atoms with E-state index in [2.05, 4.69) is 16.8 Å². The Labute approximate surface area is 237 Å². The molecule has 1 unspecified atom stereocenters. The molecule has 0 radical (unpaired) electrons. The van der Waals surface area contributed by atoms with Crippen molar-refractivity contribution in [2.24, 2.45) is 0 Å². The Morgan fingerprint density at radius 2 is 1.80 bits per heavy atom. The van der Waals surface area contributed by atoms with E-state index < -0.39 is 40.0 Å². The Balaban J connectivity index is 1.77. The summed E-state index contributed by atoms with van der Waals surface area (Å²) >= 11 is 0. The van der Waals surface area contributed by atoms with Gasteiger partial charge in [0.05, 0.1) is 6.10 Å². The van der Waals surface area contributed by atoms with Crippen molar-refractivity contribution >= 4 is 27.6 Å². The highest BCUT2D eigenvalue weighted by Crippen LogP contribution is 2.28. The number of aliphatic hydroxyl groups is 1. The number of aromatic nitrogens is 1. The van der Waals surface area contributed by atoms with Crippen LogP contribution in [-0.2, 0) is 10.0 Å². The normalized spacial score (nSPS) is 17.1. The van der Waals surface area contributed by atoms with Crippen molar-refractivity contribution in [3.63, 3.8) is 0 Å². The van der Waals surface area contributed by atoms with Gasteiger partial charge >= 0.3 is 12.3 Å². The summed E-state index contributed by atoms with van der Waals surface area (Å²) in [6.07, 6.45) is -6.27. The molecule has 1 fully saturated rings. The van der Waals surface area contributed by atoms with Crippen molar-refractivity contribution in [3.8, 4) is 23.7 Å². The highest BCUT2D eigenvalue weighted by atomic mass is 32.2. The van der Waals surface area contributed by atoms with Crippen LogP contribution in [0.25, 0.3) is 0 Å². The van der Waals surface area contributed by atoms with Gasteiger partial charge in [-0.2, -0.15) is 17.5 Å². The Bertz CT molecular complexity index is 1470. The second kappa shape index (κ2) is 12.4. The van der Waals surface area contributed by atoms with E-state index in [-0.39, 0.29) is 30.2 Å². The fraction of sp³-hybridized carbons (Fsp3) is 0.429. The number of anilines is 2. The first-order valence-corrected chi connectivity index (χ1v) is 14.0. The Morgan fingerprint density at radius 3 is 2.32 bits per heavy atom. The zero-order valence-electron chi connectivity index (χ0n) is 23.0. The van der Waals surface area contributed by atoms with Crippen LogP contribution < -0.4 is 9.80 Å². The molecule has 0 bridgehead atoms. The van der Waals surface area contributed by atoms with Crippen molar-refractivity contribution < 1.29 is 36.6 Å². The van der Waals surface area contributed by atoms with Gasteiger partial charge in [0.25, 0.3) is 0 Å². The molecule has 1 aliphatic rings. The standard InChI is InChI=1S/C28H31F3N4O5S/c1-5-7-22-19-33(41(39,40)23-13-14-25(32-18-23)35(26(37)38)27(2,3)4)16-17-34(22)21-11-9-20(10-12-21)24(36)8-6-15-28(29,30)31/h9-14,18,22,24,36H,8,16-17,19H2,1-4H3,(H,37,38)/t22-,24?/m0/s1. The van der Waals surface area contributed by atoms with E-state index in [1.165, 1.54) is 16.4 Å². The molecule has 2 atom stereocenters. The Kier molecular flexibility index (Phi) is 9.59. The van der Waals surface area contributed by atoms with E-state index in [0.717, 1.165) is 17.0 Å². The molecule has 1 aromatic heterocycles. The average Bonchev–Trinajstić information content (AvgIpc) is 2.87. The van der Waals surface area contributed by atoms with Crippen LogP contribution in [0.15, 0.2) is 47.5 Å². The lowest BCUT2D eigenvalue weighted by molar-refractivity contribution is -0.0698. The van der Waals surface area contributed by atoms with Gasteiger partial charge in [0.1, 0.15) is 16.8 Å². The third kappa shape index (κ3) is 7.91. The number of hydrogen-bond donors (Lipinski definition) is 2. The maximum absolute atomic E-state index is 13.4. The van der Waals surface area contributed by atoms with Gasteiger partial charge in [-0.15, -0.1) is 5.92 Å². The number of piperazine rings is 1. The van der Waals surface area contributed by atoms with Crippen molar-refractivity contribution in [3.05, 3.63) is 48.2 Å². The van der Waals surface area contributed by atoms with E-state index in [1.54, 1.807) is 52.0 Å². The molecule has 41 heavy (non-hydrogen) atoms. The quantitative estimate of drug-likeness (QED) is 0.482. The van der Waals surface area contributed by atoms with Crippen molar-refractivity contribution in [2.45, 2.75) is 62.9 Å². The molecule has 1 saturated heterocycles. The predicted octanol–water partition coefficient (Wildman–Crippen LogP) is 4.26. The molecule has 0 aliphatic carbocycles. The first-order valence-electron chi connectivity index (χ1n) is 12.6. The molecule has 1 aromatic carbocycles. The molecule has 0 spiro atoms. The minimum atomic E-state index is -4.62. The lowest BCUT2D eigenvalue weighted by Gasteiger charge is -2.40. The Hall–Kier alpha value is -3.78. The summed E-state index contributed by atoms with van der Waals surface area (Å²) in [5.74, 6) is 9.02. The number of carbonyl (C=O) groups is 1. The van der Waals surface area contributed by atoms with Crippen molar-refractivity contribution in [1.82, 2.24) is 9.29 Å². The van der Waals surface area contributed by atoms with Gasteiger partial charge in [0.2, 0.25) is 10.0 Å². The van der Waals surface area contributed by atoms with Crippen molar-refractivity contribution in [2.75, 3.05) is 29.4 Å². The molecule has 13 heteroatoms. The molecule has 3 rings (SSSR count). The monoisotopic (exact) mass is 592 g/mol. The number of rotatable bonds is 6. The zero-order chi connectivity index (χ0) is 30.6. The Morgan fingerprint density at radius 1 is 1.15 bits per heavy atom. The van der Waals surface area contributed by atoms with Gasteiger partial charge in [-0.25, -0.2) is 18.2 Å². The molecular weight excluding hydrogens is 561 g/mol. The SMILES string of the molecule is CC#C[C@H]1CN(S(=O)(=O)c2ccc(N(C(=O)O)C(C)(C)C)nc2)CCN1c1ccc(C(O)CC#CC(F)(F)F)cc1. The third-order valence-electron chi connectivity index (χ3n) is 6.24. The summed E-state index contributed by atoms with van der Waals surface area (Å²) in [6, 6.07) is 8.73. The smallest absolute Gasteiger partial charge is 0.457 e. The van der Waals surface area contributed by atoms with Gasteiger partial charge in [0, 0.05) is 49.4 Å². The van der Waals surface area contributed by atoms with E-state index in [0.29, 0.717) is 17.8 Å². The number of nitrogens with zero attached hydrogens (tertiary/aromatic N) is 4. The molecule has 2 N–H and O–H groups in total. The number of alkyl halides is 3. The fourth-order valence-corrected chi connectivity index (χ4v) is 5.75. The maximum atomic E-state index is 13.4. The summed E-state index contributed by atoms with van der Waals surface area (Å²) in [7, 11) is -3.97. The maximum Gasteiger partial charge on any atom is 0.457 e. The molecule has 9 nitrogen and oxygen atoms in total. The zero-order valence-corrected chi connectivity index (χ0v) is 23.8. The van der Waals surface area contributed by atoms with E-state index in [9.17, 15) is 36.6 Å². The minimum absolute atomic E-state index is 0.0472. The van der Waals surface area contributed by atoms with Crippen LogP contribution in [0.1, 0.15) is 45.8 Å². The second-order valence-corrected chi connectivity index (χ2v) is 12.2. The number of sulfonamides is 1. The van der Waals surface area contributed by atoms with E-state index in [1.807, 2.05) is 10.8 Å². The number of amides is 1. The number of pyridine rings is 1. The lowest BCUT2D eigenvalue weighted by atomic mass is 10.1. The minimum Gasteiger partial charge on any atom is -0.465 e. The first-order chi connectivity index (χ1) is 19.0. The summed E-state index contributed by atoms with van der Waals surface area (Å²) in [5.41, 5.74) is 0.307. The molecular formula is C28H31F3N4O5S. The van der Waals surface area contributed by atoms with Gasteiger partial charge in [-0.05, 0) is 57.5 Å². The summed E-state index contributed by atoms with van der Waals surface area (Å²) in [6.45, 7) is 7.21.